The lowest BCUT2D eigenvalue weighted by atomic mass is 10.1. The Hall–Kier alpha value is -1.72. The topological polar surface area (TPSA) is 77.8 Å². The fourth-order valence-corrected chi connectivity index (χ4v) is 2.41. The van der Waals surface area contributed by atoms with Gasteiger partial charge in [0.25, 0.3) is 0 Å². The van der Waals surface area contributed by atoms with Crippen molar-refractivity contribution in [3.63, 3.8) is 0 Å². The minimum Gasteiger partial charge on any atom is -0.350 e. The Morgan fingerprint density at radius 2 is 2.00 bits per heavy atom. The number of rotatable bonds is 8. The summed E-state index contributed by atoms with van der Waals surface area (Å²) < 4.78 is 22.1. The van der Waals surface area contributed by atoms with Crippen molar-refractivity contribution < 1.29 is 23.3 Å². The molecular weight excluding hydrogens is 305 g/mol. The predicted molar refractivity (Wildman–Crippen MR) is 81.7 cm³/mol. The number of ketones is 1. The highest BCUT2D eigenvalue weighted by Crippen LogP contribution is 2.41. The van der Waals surface area contributed by atoms with Gasteiger partial charge in [-0.25, -0.2) is 4.57 Å². The molecule has 0 bridgehead atoms. The van der Waals surface area contributed by atoms with Crippen LogP contribution in [0.2, 0.25) is 0 Å². The van der Waals surface area contributed by atoms with Crippen LogP contribution >= 0.6 is 7.82 Å². The van der Waals surface area contributed by atoms with E-state index in [0.717, 1.165) is 12.7 Å². The van der Waals surface area contributed by atoms with E-state index in [1.165, 1.54) is 0 Å². The maximum Gasteiger partial charge on any atom is 0.471 e. The van der Waals surface area contributed by atoms with Crippen molar-refractivity contribution in [2.24, 2.45) is 0 Å². The van der Waals surface area contributed by atoms with Gasteiger partial charge in [0.05, 0.1) is 6.61 Å². The van der Waals surface area contributed by atoms with Crippen LogP contribution in [0, 0.1) is 0 Å². The molecule has 1 atom stereocenters. The Morgan fingerprint density at radius 3 is 2.68 bits per heavy atom. The molecule has 1 N–H and O–H groups in total. The molecule has 7 heteroatoms. The van der Waals surface area contributed by atoms with Gasteiger partial charge in [-0.15, -0.1) is 0 Å². The van der Waals surface area contributed by atoms with Gasteiger partial charge in [0, 0.05) is 38.0 Å². The highest BCUT2D eigenvalue weighted by atomic mass is 31.2. The molecule has 0 saturated carbocycles. The minimum absolute atomic E-state index is 0.0148. The maximum atomic E-state index is 12.1. The van der Waals surface area contributed by atoms with Crippen molar-refractivity contribution in [1.82, 2.24) is 4.57 Å². The lowest BCUT2D eigenvalue weighted by Gasteiger charge is -2.09. The molecule has 0 aliphatic rings. The van der Waals surface area contributed by atoms with E-state index in [0.29, 0.717) is 12.1 Å². The summed E-state index contributed by atoms with van der Waals surface area (Å²) in [5.74, 6) is -0.148. The van der Waals surface area contributed by atoms with Crippen molar-refractivity contribution in [3.8, 4) is 0 Å². The van der Waals surface area contributed by atoms with Gasteiger partial charge in [0.15, 0.2) is 5.78 Å². The average Bonchev–Trinajstić information content (AvgIpc) is 3.00. The Kier molecular flexibility index (Phi) is 5.69. The van der Waals surface area contributed by atoms with E-state index >= 15 is 0 Å². The molecule has 2 rings (SSSR count). The minimum atomic E-state index is -4.03. The molecule has 0 aliphatic carbocycles. The van der Waals surface area contributed by atoms with Gasteiger partial charge in [0.1, 0.15) is 0 Å². The molecule has 6 nitrogen and oxygen atoms in total. The second-order valence-corrected chi connectivity index (χ2v) is 6.27. The summed E-state index contributed by atoms with van der Waals surface area (Å²) >= 11 is 0. The number of aromatic nitrogens is 1. The van der Waals surface area contributed by atoms with Crippen LogP contribution in [0.4, 0.5) is 0 Å². The Morgan fingerprint density at radius 1 is 1.27 bits per heavy atom. The molecule has 1 heterocycles. The Bertz CT molecular complexity index is 668. The molecular formula is C15H18NO5P. The number of hydrogen-bond donors (Lipinski definition) is 1. The van der Waals surface area contributed by atoms with Gasteiger partial charge in [-0.3, -0.25) is 13.8 Å². The number of carbonyl (C=O) groups excluding carboxylic acids is 1. The molecule has 2 aromatic rings. The first-order valence-corrected chi connectivity index (χ1v) is 8.26. The smallest absolute Gasteiger partial charge is 0.350 e. The van der Waals surface area contributed by atoms with Crippen LogP contribution in [0.5, 0.6) is 0 Å². The van der Waals surface area contributed by atoms with Gasteiger partial charge in [-0.05, 0) is 23.8 Å². The third-order valence-corrected chi connectivity index (χ3v) is 4.06. The summed E-state index contributed by atoms with van der Waals surface area (Å²) in [4.78, 5) is 21.2. The van der Waals surface area contributed by atoms with Crippen LogP contribution in [0.15, 0.2) is 48.8 Å². The Labute approximate surface area is 128 Å². The molecule has 1 unspecified atom stereocenters. The normalized spacial score (nSPS) is 13.7. The van der Waals surface area contributed by atoms with E-state index in [-0.39, 0.29) is 18.8 Å². The summed E-state index contributed by atoms with van der Waals surface area (Å²) in [6.07, 6.45) is 3.92. The molecule has 0 fully saturated rings. The first-order valence-electron chi connectivity index (χ1n) is 6.76. The van der Waals surface area contributed by atoms with Gasteiger partial charge in [0.2, 0.25) is 0 Å². The number of benzene rings is 1. The van der Waals surface area contributed by atoms with E-state index in [1.54, 1.807) is 6.07 Å². The quantitative estimate of drug-likeness (QED) is 0.597. The zero-order chi connectivity index (χ0) is 16.0. The number of Topliss-reactive ketones (excluding diaryl/α,β-unsaturated/α-hetero) is 1. The van der Waals surface area contributed by atoms with E-state index in [4.69, 9.17) is 4.89 Å². The molecule has 0 amide bonds. The summed E-state index contributed by atoms with van der Waals surface area (Å²) in [5.41, 5.74) is 1.56. The lowest BCUT2D eigenvalue weighted by molar-refractivity contribution is 0.0947. The summed E-state index contributed by atoms with van der Waals surface area (Å²) in [6, 6.07) is 11.2. The van der Waals surface area contributed by atoms with Crippen LogP contribution in [-0.4, -0.2) is 29.0 Å². The zero-order valence-electron chi connectivity index (χ0n) is 12.2. The first-order chi connectivity index (χ1) is 10.5. The van der Waals surface area contributed by atoms with Gasteiger partial charge in [-0.2, -0.15) is 0 Å². The highest BCUT2D eigenvalue weighted by molar-refractivity contribution is 7.47. The summed E-state index contributed by atoms with van der Waals surface area (Å²) in [5, 5.41) is 0. The van der Waals surface area contributed by atoms with Crippen molar-refractivity contribution in [3.05, 3.63) is 59.9 Å². The molecule has 1 aromatic carbocycles. The van der Waals surface area contributed by atoms with Gasteiger partial charge >= 0.3 is 7.82 Å². The van der Waals surface area contributed by atoms with E-state index in [9.17, 15) is 9.36 Å². The highest BCUT2D eigenvalue weighted by Gasteiger charge is 2.18. The number of phosphoric ester groups is 1. The second kappa shape index (κ2) is 7.51. The molecule has 0 radical (unpaired) electrons. The monoisotopic (exact) mass is 323 g/mol. The van der Waals surface area contributed by atoms with Crippen LogP contribution in [-0.2, 0) is 20.2 Å². The molecule has 0 saturated heterocycles. The van der Waals surface area contributed by atoms with E-state index in [2.05, 4.69) is 9.05 Å². The largest absolute Gasteiger partial charge is 0.471 e. The number of carbonyl (C=O) groups is 1. The fraction of sp³-hybridized carbons (Fsp3) is 0.267. The molecule has 0 aliphatic heterocycles. The first kappa shape index (κ1) is 16.6. The van der Waals surface area contributed by atoms with Gasteiger partial charge in [-0.1, -0.05) is 18.2 Å². The molecule has 0 spiro atoms. The third-order valence-electron chi connectivity index (χ3n) is 3.09. The average molecular weight is 323 g/mol. The maximum absolute atomic E-state index is 12.1. The molecule has 1 aromatic heterocycles. The van der Waals surface area contributed by atoms with Crippen LogP contribution in [0.1, 0.15) is 22.3 Å². The fourth-order valence-electron chi connectivity index (χ4n) is 1.98. The van der Waals surface area contributed by atoms with E-state index in [1.807, 2.05) is 47.3 Å². The van der Waals surface area contributed by atoms with Crippen molar-refractivity contribution in [2.45, 2.75) is 13.0 Å². The van der Waals surface area contributed by atoms with Crippen molar-refractivity contribution in [2.75, 3.05) is 13.7 Å². The van der Waals surface area contributed by atoms with Crippen molar-refractivity contribution in [1.29, 1.82) is 0 Å². The summed E-state index contributed by atoms with van der Waals surface area (Å²) in [6.45, 7) is 0.516. The number of phosphoric acid groups is 1. The Balaban J connectivity index is 1.94. The number of nitrogens with zero attached hydrogens (tertiary/aromatic N) is 1. The standard InChI is InChI=1S/C15H18NO5P/c1-20-22(18,19)21-10-7-15(17)14-6-4-5-13(11-14)12-16-8-2-3-9-16/h2-6,8-9,11H,7,10,12H2,1H3,(H,18,19). The molecule has 118 valence electrons. The second-order valence-electron chi connectivity index (χ2n) is 4.71. The zero-order valence-corrected chi connectivity index (χ0v) is 13.1. The molecule has 22 heavy (non-hydrogen) atoms. The SMILES string of the molecule is COP(=O)(O)OCCC(=O)c1cccc(Cn2cccc2)c1. The van der Waals surface area contributed by atoms with Crippen LogP contribution in [0.3, 0.4) is 0 Å². The van der Waals surface area contributed by atoms with E-state index < -0.39 is 7.82 Å². The van der Waals surface area contributed by atoms with Crippen LogP contribution < -0.4 is 0 Å². The van der Waals surface area contributed by atoms with Gasteiger partial charge < -0.3 is 9.46 Å². The summed E-state index contributed by atoms with van der Waals surface area (Å²) in [7, 11) is -2.95. The van der Waals surface area contributed by atoms with Crippen molar-refractivity contribution >= 4 is 13.6 Å². The predicted octanol–water partition coefficient (Wildman–Crippen LogP) is 2.87. The number of hydrogen-bond acceptors (Lipinski definition) is 4. The third kappa shape index (κ3) is 4.93. The van der Waals surface area contributed by atoms with Crippen LogP contribution in [0.25, 0.3) is 0 Å². The lowest BCUT2D eigenvalue weighted by Crippen LogP contribution is -2.06.